The number of pyridine rings is 1. The van der Waals surface area contributed by atoms with Crippen molar-refractivity contribution in [1.29, 1.82) is 0 Å². The fourth-order valence-corrected chi connectivity index (χ4v) is 4.70. The summed E-state index contributed by atoms with van der Waals surface area (Å²) in [7, 11) is 1.86. The van der Waals surface area contributed by atoms with Crippen LogP contribution < -0.4 is 0 Å². The van der Waals surface area contributed by atoms with Crippen LogP contribution in [0.2, 0.25) is 0 Å². The molecule has 1 aliphatic rings. The van der Waals surface area contributed by atoms with E-state index in [1.807, 2.05) is 48.7 Å². The van der Waals surface area contributed by atoms with Crippen molar-refractivity contribution in [2.45, 2.75) is 33.9 Å². The maximum absolute atomic E-state index is 13.7. The summed E-state index contributed by atoms with van der Waals surface area (Å²) in [5.41, 5.74) is 5.06. The minimum Gasteiger partial charge on any atom is -0.468 e. The Morgan fingerprint density at radius 1 is 1.18 bits per heavy atom. The number of piperazine rings is 1. The second kappa shape index (κ2) is 8.47. The highest BCUT2D eigenvalue weighted by Crippen LogP contribution is 2.30. The van der Waals surface area contributed by atoms with Gasteiger partial charge in [-0.2, -0.15) is 10.2 Å². The largest absolute Gasteiger partial charge is 0.468 e. The summed E-state index contributed by atoms with van der Waals surface area (Å²) < 4.78 is 9.17. The third kappa shape index (κ3) is 3.82. The van der Waals surface area contributed by atoms with Crippen LogP contribution in [0.5, 0.6) is 0 Å². The Bertz CT molecular complexity index is 1290. The fourth-order valence-electron chi connectivity index (χ4n) is 4.70. The molecule has 5 rings (SSSR count). The van der Waals surface area contributed by atoms with Gasteiger partial charge in [0.1, 0.15) is 5.76 Å². The molecule has 0 aliphatic carbocycles. The Hall–Kier alpha value is -3.46. The van der Waals surface area contributed by atoms with Crippen LogP contribution in [0.3, 0.4) is 0 Å². The summed E-state index contributed by atoms with van der Waals surface area (Å²) in [5.74, 6) is 0.969. The number of amides is 1. The second-order valence-electron chi connectivity index (χ2n) is 8.57. The van der Waals surface area contributed by atoms with Crippen molar-refractivity contribution in [3.8, 4) is 11.3 Å². The smallest absolute Gasteiger partial charge is 0.254 e. The third-order valence-corrected chi connectivity index (χ3v) is 6.49. The van der Waals surface area contributed by atoms with Gasteiger partial charge < -0.3 is 9.32 Å². The van der Waals surface area contributed by atoms with Crippen LogP contribution in [0, 0.1) is 13.8 Å². The molecule has 9 nitrogen and oxygen atoms in total. The molecule has 1 fully saturated rings. The Labute approximate surface area is 192 Å². The summed E-state index contributed by atoms with van der Waals surface area (Å²) in [6, 6.07) is 5.81. The van der Waals surface area contributed by atoms with Gasteiger partial charge in [0, 0.05) is 51.0 Å². The van der Waals surface area contributed by atoms with Crippen molar-refractivity contribution in [3.63, 3.8) is 0 Å². The highest BCUT2D eigenvalue weighted by molar-refractivity contribution is 6.06. The normalized spacial score (nSPS) is 15.0. The monoisotopic (exact) mass is 447 g/mol. The number of aryl methyl sites for hydroxylation is 3. The molecule has 33 heavy (non-hydrogen) atoms. The second-order valence-corrected chi connectivity index (χ2v) is 8.57. The molecule has 5 heterocycles. The van der Waals surface area contributed by atoms with Crippen LogP contribution in [-0.2, 0) is 20.1 Å². The van der Waals surface area contributed by atoms with Gasteiger partial charge in [0.05, 0.1) is 41.3 Å². The first-order valence-electron chi connectivity index (χ1n) is 11.4. The van der Waals surface area contributed by atoms with Crippen molar-refractivity contribution in [2.24, 2.45) is 7.05 Å². The molecule has 4 aromatic rings. The van der Waals surface area contributed by atoms with Gasteiger partial charge >= 0.3 is 0 Å². The number of hydrogen-bond acceptors (Lipinski definition) is 6. The molecule has 0 radical (unpaired) electrons. The summed E-state index contributed by atoms with van der Waals surface area (Å²) >= 11 is 0. The zero-order chi connectivity index (χ0) is 23.1. The van der Waals surface area contributed by atoms with Gasteiger partial charge in [0.15, 0.2) is 5.65 Å². The van der Waals surface area contributed by atoms with Gasteiger partial charge in [-0.1, -0.05) is 0 Å². The van der Waals surface area contributed by atoms with E-state index >= 15 is 0 Å². The minimum atomic E-state index is 0.0208. The molecule has 0 atom stereocenters. The maximum atomic E-state index is 13.7. The summed E-state index contributed by atoms with van der Waals surface area (Å²) in [6.07, 6.45) is 3.44. The van der Waals surface area contributed by atoms with Gasteiger partial charge in [0.2, 0.25) is 0 Å². The molecule has 1 amide bonds. The van der Waals surface area contributed by atoms with Crippen LogP contribution in [0.15, 0.2) is 35.1 Å². The topological polar surface area (TPSA) is 85.2 Å². The number of carbonyl (C=O) groups is 1. The van der Waals surface area contributed by atoms with Gasteiger partial charge in [-0.05, 0) is 39.0 Å². The van der Waals surface area contributed by atoms with Crippen molar-refractivity contribution in [3.05, 3.63) is 53.4 Å². The van der Waals surface area contributed by atoms with Crippen molar-refractivity contribution >= 4 is 16.9 Å². The number of aromatic nitrogens is 5. The molecule has 9 heteroatoms. The molecule has 1 aliphatic heterocycles. The molecule has 0 spiro atoms. The lowest BCUT2D eigenvalue weighted by atomic mass is 10.0. The third-order valence-electron chi connectivity index (χ3n) is 6.49. The summed E-state index contributed by atoms with van der Waals surface area (Å²) in [4.78, 5) is 22.8. The van der Waals surface area contributed by atoms with E-state index in [2.05, 4.69) is 22.0 Å². The van der Waals surface area contributed by atoms with Gasteiger partial charge in [0.25, 0.3) is 5.91 Å². The Morgan fingerprint density at radius 3 is 2.64 bits per heavy atom. The SMILES string of the molecule is CCn1nc(C)c(-c2cc(C(=O)N3CCN(Cc4ccco4)CC3)c3cnn(C)c3n2)c1C. The molecule has 0 N–H and O–H groups in total. The summed E-state index contributed by atoms with van der Waals surface area (Å²) in [6.45, 7) is 10.6. The average Bonchev–Trinajstić information content (AvgIpc) is 3.53. The van der Waals surface area contributed by atoms with E-state index in [4.69, 9.17) is 9.40 Å². The maximum Gasteiger partial charge on any atom is 0.254 e. The van der Waals surface area contributed by atoms with Crippen LogP contribution in [0.4, 0.5) is 0 Å². The molecular formula is C24H29N7O2. The predicted octanol–water partition coefficient (Wildman–Crippen LogP) is 3.02. The highest BCUT2D eigenvalue weighted by atomic mass is 16.3. The zero-order valence-electron chi connectivity index (χ0n) is 19.6. The van der Waals surface area contributed by atoms with Gasteiger partial charge in [-0.15, -0.1) is 0 Å². The number of hydrogen-bond donors (Lipinski definition) is 0. The molecule has 1 saturated heterocycles. The highest BCUT2D eigenvalue weighted by Gasteiger charge is 2.26. The molecule has 0 unspecified atom stereocenters. The van der Waals surface area contributed by atoms with E-state index in [1.165, 1.54) is 0 Å². The van der Waals surface area contributed by atoms with E-state index < -0.39 is 0 Å². The van der Waals surface area contributed by atoms with E-state index in [0.29, 0.717) is 24.3 Å². The van der Waals surface area contributed by atoms with Crippen LogP contribution in [0.1, 0.15) is 34.4 Å². The van der Waals surface area contributed by atoms with Crippen LogP contribution in [0.25, 0.3) is 22.3 Å². The number of carbonyl (C=O) groups excluding carboxylic acids is 1. The molecular weight excluding hydrogens is 418 g/mol. The molecule has 172 valence electrons. The minimum absolute atomic E-state index is 0.0208. The number of furan rings is 1. The number of fused-ring (bicyclic) bond motifs is 1. The molecule has 0 aromatic carbocycles. The molecule has 0 saturated carbocycles. The summed E-state index contributed by atoms with van der Waals surface area (Å²) in [5, 5.41) is 9.81. The van der Waals surface area contributed by atoms with E-state index in [0.717, 1.165) is 60.0 Å². The Kier molecular flexibility index (Phi) is 5.49. The molecule has 0 bridgehead atoms. The van der Waals surface area contributed by atoms with E-state index in [1.54, 1.807) is 17.1 Å². The van der Waals surface area contributed by atoms with E-state index in [-0.39, 0.29) is 5.91 Å². The first kappa shape index (κ1) is 21.4. The molecule has 4 aromatic heterocycles. The Morgan fingerprint density at radius 2 is 1.97 bits per heavy atom. The first-order valence-corrected chi connectivity index (χ1v) is 11.4. The van der Waals surface area contributed by atoms with Gasteiger partial charge in [-0.25, -0.2) is 4.98 Å². The number of nitrogens with zero attached hydrogens (tertiary/aromatic N) is 7. The zero-order valence-corrected chi connectivity index (χ0v) is 19.6. The van der Waals surface area contributed by atoms with Crippen molar-refractivity contribution < 1.29 is 9.21 Å². The lowest BCUT2D eigenvalue weighted by molar-refractivity contribution is 0.0622. The fraction of sp³-hybridized carbons (Fsp3) is 0.417. The lowest BCUT2D eigenvalue weighted by Crippen LogP contribution is -2.48. The van der Waals surface area contributed by atoms with Crippen molar-refractivity contribution in [1.82, 2.24) is 34.3 Å². The van der Waals surface area contributed by atoms with Gasteiger partial charge in [-0.3, -0.25) is 19.1 Å². The number of rotatable bonds is 5. The van der Waals surface area contributed by atoms with Crippen LogP contribution in [-0.4, -0.2) is 66.4 Å². The lowest BCUT2D eigenvalue weighted by Gasteiger charge is -2.34. The predicted molar refractivity (Wildman–Crippen MR) is 125 cm³/mol. The average molecular weight is 448 g/mol. The quantitative estimate of drug-likeness (QED) is 0.468. The van der Waals surface area contributed by atoms with E-state index in [9.17, 15) is 4.79 Å². The Balaban J connectivity index is 1.46. The van der Waals surface area contributed by atoms with Crippen molar-refractivity contribution in [2.75, 3.05) is 26.2 Å². The van der Waals surface area contributed by atoms with Crippen LogP contribution >= 0.6 is 0 Å². The standard InChI is InChI=1S/C24H29N7O2/c1-5-31-17(3)22(16(2)27-31)21-13-19(20-14-25-28(4)23(20)26-21)24(32)30-10-8-29(9-11-30)15-18-7-6-12-33-18/h6-7,12-14H,5,8-11,15H2,1-4H3. The first-order chi connectivity index (χ1) is 16.0.